The van der Waals surface area contributed by atoms with E-state index in [1.165, 1.54) is 31.6 Å². The van der Waals surface area contributed by atoms with Crippen molar-refractivity contribution in [2.75, 3.05) is 11.4 Å². The lowest BCUT2D eigenvalue weighted by Gasteiger charge is -2.20. The summed E-state index contributed by atoms with van der Waals surface area (Å²) in [5.41, 5.74) is 5.50. The normalized spacial score (nSPS) is 11.1. The van der Waals surface area contributed by atoms with Gasteiger partial charge in [-0.2, -0.15) is 0 Å². The first-order valence-electron chi connectivity index (χ1n) is 5.83. The summed E-state index contributed by atoms with van der Waals surface area (Å²) in [5.74, 6) is -0.775. The molecule has 0 spiro atoms. The van der Waals surface area contributed by atoms with E-state index in [1.54, 1.807) is 12.1 Å². The summed E-state index contributed by atoms with van der Waals surface area (Å²) in [6.45, 7) is 0. The Morgan fingerprint density at radius 2 is 2.05 bits per heavy atom. The number of hydrogen-bond donors (Lipinski definition) is 1. The van der Waals surface area contributed by atoms with Crippen molar-refractivity contribution >= 4 is 32.9 Å². The number of aromatic nitrogens is 1. The maximum Gasteiger partial charge on any atom is 0.264 e. The number of halogens is 1. The summed E-state index contributed by atoms with van der Waals surface area (Å²) in [6.07, 6.45) is 2.91. The quantitative estimate of drug-likeness (QED) is 0.866. The minimum absolute atomic E-state index is 0.277. The highest BCUT2D eigenvalue weighted by Crippen LogP contribution is 2.25. The summed E-state index contributed by atoms with van der Waals surface area (Å²) in [6, 6.07) is 6.84. The number of sulfonamides is 1. The molecule has 0 amide bonds. The molecule has 0 aliphatic heterocycles. The van der Waals surface area contributed by atoms with Gasteiger partial charge in [-0.1, -0.05) is 18.3 Å². The molecule has 1 aromatic carbocycles. The summed E-state index contributed by atoms with van der Waals surface area (Å²) in [4.78, 5) is 3.27. The summed E-state index contributed by atoms with van der Waals surface area (Å²) in [5, 5.41) is 0. The molecular weight excluding hydrogens is 313 g/mol. The summed E-state index contributed by atoms with van der Waals surface area (Å²) in [7, 11) is -2.66. The Balaban J connectivity index is 2.61. The molecule has 0 unspecified atom stereocenters. The molecule has 2 aromatic rings. The van der Waals surface area contributed by atoms with Crippen LogP contribution < -0.4 is 10.0 Å². The lowest BCUT2D eigenvalue weighted by molar-refractivity contribution is 0.588. The van der Waals surface area contributed by atoms with Crippen molar-refractivity contribution < 1.29 is 12.8 Å². The average Bonchev–Trinajstić information content (AvgIpc) is 2.46. The molecule has 0 aliphatic rings. The lowest BCUT2D eigenvalue weighted by atomic mass is 10.2. The molecule has 2 N–H and O–H groups in total. The van der Waals surface area contributed by atoms with E-state index in [9.17, 15) is 12.8 Å². The van der Waals surface area contributed by atoms with Crippen molar-refractivity contribution in [3.63, 3.8) is 0 Å². The van der Waals surface area contributed by atoms with E-state index in [0.717, 1.165) is 10.4 Å². The number of anilines is 1. The molecule has 0 aliphatic carbocycles. The number of hydrogen-bond acceptors (Lipinski definition) is 4. The van der Waals surface area contributed by atoms with Crippen LogP contribution in [0.5, 0.6) is 0 Å². The first-order valence-corrected chi connectivity index (χ1v) is 7.68. The molecule has 0 atom stereocenters. The van der Waals surface area contributed by atoms with Gasteiger partial charge in [0.05, 0.1) is 17.4 Å². The van der Waals surface area contributed by atoms with Crippen LogP contribution in [0.25, 0.3) is 0 Å². The number of benzene rings is 1. The van der Waals surface area contributed by atoms with Crippen molar-refractivity contribution in [2.45, 2.75) is 4.90 Å². The van der Waals surface area contributed by atoms with Crippen molar-refractivity contribution in [3.8, 4) is 0 Å². The van der Waals surface area contributed by atoms with E-state index in [-0.39, 0.29) is 15.4 Å². The van der Waals surface area contributed by atoms with Gasteiger partial charge in [-0.25, -0.2) is 12.8 Å². The second-order valence-electron chi connectivity index (χ2n) is 4.16. The number of nitrogens with zero attached hydrogens (tertiary/aromatic N) is 2. The second-order valence-corrected chi connectivity index (χ2v) is 6.54. The standard InChI is InChI=1S/C13H12FN3O2S2/c1-17(9-4-3-7-16-8-9)21(18,19)11-6-2-5-10(14)12(11)13(15)20/h2-8H,1H3,(H2,15,20). The van der Waals surface area contributed by atoms with Crippen LogP contribution in [0.2, 0.25) is 0 Å². The van der Waals surface area contributed by atoms with Gasteiger partial charge in [0.15, 0.2) is 0 Å². The second kappa shape index (κ2) is 5.74. The van der Waals surface area contributed by atoms with E-state index in [4.69, 9.17) is 18.0 Å². The van der Waals surface area contributed by atoms with E-state index < -0.39 is 15.8 Å². The maximum atomic E-state index is 13.8. The molecule has 1 heterocycles. The van der Waals surface area contributed by atoms with Crippen LogP contribution in [-0.2, 0) is 10.0 Å². The van der Waals surface area contributed by atoms with Gasteiger partial charge in [-0.15, -0.1) is 0 Å². The summed E-state index contributed by atoms with van der Waals surface area (Å²) >= 11 is 4.75. The van der Waals surface area contributed by atoms with Crippen molar-refractivity contribution in [1.82, 2.24) is 4.98 Å². The van der Waals surface area contributed by atoms with Crippen molar-refractivity contribution in [1.29, 1.82) is 0 Å². The minimum Gasteiger partial charge on any atom is -0.389 e. The zero-order valence-electron chi connectivity index (χ0n) is 11.0. The van der Waals surface area contributed by atoms with Gasteiger partial charge < -0.3 is 5.73 Å². The third-order valence-corrected chi connectivity index (χ3v) is 4.90. The predicted molar refractivity (Wildman–Crippen MR) is 82.1 cm³/mol. The van der Waals surface area contributed by atoms with Crippen LogP contribution in [0.4, 0.5) is 10.1 Å². The Morgan fingerprint density at radius 3 is 2.62 bits per heavy atom. The highest BCUT2D eigenvalue weighted by molar-refractivity contribution is 7.93. The smallest absolute Gasteiger partial charge is 0.264 e. The van der Waals surface area contributed by atoms with Crippen LogP contribution in [0, 0.1) is 5.82 Å². The lowest BCUT2D eigenvalue weighted by Crippen LogP contribution is -2.29. The molecule has 21 heavy (non-hydrogen) atoms. The molecule has 110 valence electrons. The Morgan fingerprint density at radius 1 is 1.33 bits per heavy atom. The average molecular weight is 325 g/mol. The van der Waals surface area contributed by atoms with Gasteiger partial charge in [0.1, 0.15) is 15.7 Å². The molecule has 8 heteroatoms. The number of nitrogens with two attached hydrogens (primary N) is 1. The molecule has 0 radical (unpaired) electrons. The molecule has 1 aromatic heterocycles. The SMILES string of the molecule is CN(c1cccnc1)S(=O)(=O)c1cccc(F)c1C(N)=S. The monoisotopic (exact) mass is 325 g/mol. The highest BCUT2D eigenvalue weighted by atomic mass is 32.2. The van der Waals surface area contributed by atoms with Crippen LogP contribution in [0.15, 0.2) is 47.6 Å². The molecule has 0 saturated heterocycles. The molecule has 0 bridgehead atoms. The fourth-order valence-electron chi connectivity index (χ4n) is 1.78. The molecule has 5 nitrogen and oxygen atoms in total. The van der Waals surface area contributed by atoms with E-state index in [0.29, 0.717) is 5.69 Å². The van der Waals surface area contributed by atoms with Crippen molar-refractivity contribution in [2.24, 2.45) is 5.73 Å². The van der Waals surface area contributed by atoms with Crippen molar-refractivity contribution in [3.05, 3.63) is 54.1 Å². The Bertz CT molecular complexity index is 779. The topological polar surface area (TPSA) is 76.3 Å². The first-order chi connectivity index (χ1) is 9.85. The minimum atomic E-state index is -4.00. The van der Waals surface area contributed by atoms with E-state index in [1.807, 2.05) is 0 Å². The van der Waals surface area contributed by atoms with E-state index in [2.05, 4.69) is 4.98 Å². The fraction of sp³-hybridized carbons (Fsp3) is 0.0769. The molecule has 0 saturated carbocycles. The third kappa shape index (κ3) is 2.86. The molecule has 0 fully saturated rings. The maximum absolute atomic E-state index is 13.8. The zero-order chi connectivity index (χ0) is 15.6. The van der Waals surface area contributed by atoms with Gasteiger partial charge in [0, 0.05) is 13.2 Å². The van der Waals surface area contributed by atoms with Gasteiger partial charge in [0.25, 0.3) is 10.0 Å². The number of thiocarbonyl (C=S) groups is 1. The predicted octanol–water partition coefficient (Wildman–Crippen LogP) is 1.68. The first kappa shape index (κ1) is 15.3. The van der Waals surface area contributed by atoms with Gasteiger partial charge in [-0.3, -0.25) is 9.29 Å². The Labute approximate surface area is 127 Å². The third-order valence-electron chi connectivity index (χ3n) is 2.87. The van der Waals surface area contributed by atoms with Crippen LogP contribution >= 0.6 is 12.2 Å². The Kier molecular flexibility index (Phi) is 4.19. The number of pyridine rings is 1. The van der Waals surface area contributed by atoms with Crippen LogP contribution in [-0.4, -0.2) is 25.4 Å². The summed E-state index contributed by atoms with van der Waals surface area (Å²) < 4.78 is 40.1. The highest BCUT2D eigenvalue weighted by Gasteiger charge is 2.27. The van der Waals surface area contributed by atoms with Gasteiger partial charge >= 0.3 is 0 Å². The van der Waals surface area contributed by atoms with Gasteiger partial charge in [-0.05, 0) is 24.3 Å². The Hall–Kier alpha value is -2.06. The fourth-order valence-corrected chi connectivity index (χ4v) is 3.45. The molecule has 2 rings (SSSR count). The van der Waals surface area contributed by atoms with E-state index >= 15 is 0 Å². The molecular formula is C13H12FN3O2S2. The van der Waals surface area contributed by atoms with Gasteiger partial charge in [0.2, 0.25) is 0 Å². The van der Waals surface area contributed by atoms with Crippen LogP contribution in [0.1, 0.15) is 5.56 Å². The number of rotatable bonds is 4. The van der Waals surface area contributed by atoms with Crippen LogP contribution in [0.3, 0.4) is 0 Å². The largest absolute Gasteiger partial charge is 0.389 e. The zero-order valence-corrected chi connectivity index (χ0v) is 12.7.